The van der Waals surface area contributed by atoms with Gasteiger partial charge in [-0.05, 0) is 12.1 Å². The van der Waals surface area contributed by atoms with Gasteiger partial charge in [0, 0.05) is 5.56 Å². The smallest absolute Gasteiger partial charge is 0.442 e. The molecule has 0 radical (unpaired) electrons. The van der Waals surface area contributed by atoms with Gasteiger partial charge in [0.15, 0.2) is 0 Å². The summed E-state index contributed by atoms with van der Waals surface area (Å²) in [5, 5.41) is 14.9. The molecule has 1 aliphatic heterocycles. The maximum Gasteiger partial charge on any atom is 0.442 e. The summed E-state index contributed by atoms with van der Waals surface area (Å²) in [5.74, 6) is -1.45. The first-order valence-corrected chi connectivity index (χ1v) is 4.74. The van der Waals surface area contributed by atoms with Crippen molar-refractivity contribution in [2.24, 2.45) is 10.2 Å². The molecule has 0 amide bonds. The maximum absolute atomic E-state index is 12.7. The normalized spacial score (nSPS) is 16.4. The minimum absolute atomic E-state index is 0.166. The van der Waals surface area contributed by atoms with Crippen molar-refractivity contribution in [2.45, 2.75) is 11.8 Å². The van der Waals surface area contributed by atoms with Gasteiger partial charge in [-0.3, -0.25) is 0 Å². The van der Waals surface area contributed by atoms with E-state index in [0.717, 1.165) is 18.2 Å². The number of ether oxygens (including phenoxy) is 1. The van der Waals surface area contributed by atoms with Gasteiger partial charge in [0.05, 0.1) is 7.11 Å². The van der Waals surface area contributed by atoms with Gasteiger partial charge >= 0.3 is 17.8 Å². The van der Waals surface area contributed by atoms with Crippen LogP contribution in [0.1, 0.15) is 15.9 Å². The van der Waals surface area contributed by atoms with Crippen molar-refractivity contribution in [3.8, 4) is 5.75 Å². The Morgan fingerprint density at radius 1 is 1.39 bits per heavy atom. The third-order valence-corrected chi connectivity index (χ3v) is 2.53. The van der Waals surface area contributed by atoms with Gasteiger partial charge in [-0.25, -0.2) is 4.79 Å². The largest absolute Gasteiger partial charge is 0.496 e. The maximum atomic E-state index is 12.7. The molecule has 0 aromatic heterocycles. The lowest BCUT2D eigenvalue weighted by atomic mass is 10.0. The first kappa shape index (κ1) is 12.3. The molecule has 2 rings (SSSR count). The predicted octanol–water partition coefficient (Wildman–Crippen LogP) is 2.57. The number of methoxy groups -OCH3 is 1. The van der Waals surface area contributed by atoms with Crippen molar-refractivity contribution in [1.82, 2.24) is 0 Å². The quantitative estimate of drug-likeness (QED) is 0.907. The first-order valence-electron chi connectivity index (χ1n) is 4.74. The van der Waals surface area contributed by atoms with Crippen LogP contribution >= 0.6 is 0 Å². The van der Waals surface area contributed by atoms with Crippen LogP contribution < -0.4 is 4.74 Å². The second-order valence-electron chi connectivity index (χ2n) is 3.59. The number of halogens is 3. The van der Waals surface area contributed by atoms with Gasteiger partial charge in [-0.2, -0.15) is 13.2 Å². The molecule has 1 heterocycles. The molecule has 96 valence electrons. The van der Waals surface area contributed by atoms with Gasteiger partial charge in [-0.15, -0.1) is 10.2 Å². The van der Waals surface area contributed by atoms with Crippen LogP contribution in [0.5, 0.6) is 5.75 Å². The Bertz CT molecular complexity index is 534. The number of aromatic carboxylic acids is 1. The third-order valence-electron chi connectivity index (χ3n) is 2.53. The van der Waals surface area contributed by atoms with Crippen LogP contribution in [0.2, 0.25) is 0 Å². The van der Waals surface area contributed by atoms with E-state index in [4.69, 9.17) is 9.84 Å². The molecule has 0 saturated carbocycles. The fraction of sp³-hybridized carbons (Fsp3) is 0.300. The van der Waals surface area contributed by atoms with E-state index in [1.54, 1.807) is 0 Å². The molecular formula is C10H7F3N2O3. The lowest BCUT2D eigenvalue weighted by Gasteiger charge is -2.16. The number of nitrogens with zero attached hydrogens (tertiary/aromatic N) is 2. The summed E-state index contributed by atoms with van der Waals surface area (Å²) in [7, 11) is 1.17. The highest BCUT2D eigenvalue weighted by Gasteiger charge is 2.65. The highest BCUT2D eigenvalue weighted by Crippen LogP contribution is 2.52. The molecule has 1 aromatic carbocycles. The molecule has 1 N–H and O–H groups in total. The van der Waals surface area contributed by atoms with E-state index >= 15 is 0 Å². The molecule has 0 bridgehead atoms. The van der Waals surface area contributed by atoms with Crippen molar-refractivity contribution in [1.29, 1.82) is 0 Å². The highest BCUT2D eigenvalue weighted by molar-refractivity contribution is 5.91. The zero-order valence-corrected chi connectivity index (χ0v) is 9.02. The van der Waals surface area contributed by atoms with Crippen LogP contribution in [0.3, 0.4) is 0 Å². The van der Waals surface area contributed by atoms with Gasteiger partial charge in [0.1, 0.15) is 11.3 Å². The van der Waals surface area contributed by atoms with Crippen LogP contribution in [0.4, 0.5) is 13.2 Å². The van der Waals surface area contributed by atoms with Crippen LogP contribution in [-0.2, 0) is 5.66 Å². The number of carboxylic acids is 1. The minimum Gasteiger partial charge on any atom is -0.496 e. The zero-order valence-electron chi connectivity index (χ0n) is 9.02. The molecule has 0 spiro atoms. The molecule has 5 nitrogen and oxygen atoms in total. The number of carboxylic acid groups (broad SMARTS) is 1. The number of hydrogen-bond acceptors (Lipinski definition) is 4. The van der Waals surface area contributed by atoms with Crippen LogP contribution in [0.15, 0.2) is 28.4 Å². The fourth-order valence-corrected chi connectivity index (χ4v) is 1.53. The molecule has 1 aliphatic rings. The summed E-state index contributed by atoms with van der Waals surface area (Å²) in [6.45, 7) is 0. The monoisotopic (exact) mass is 260 g/mol. The summed E-state index contributed by atoms with van der Waals surface area (Å²) in [6, 6.07) is 3.05. The molecule has 1 aromatic rings. The average Bonchev–Trinajstić information content (AvgIpc) is 3.08. The third kappa shape index (κ3) is 1.69. The van der Waals surface area contributed by atoms with E-state index in [1.165, 1.54) is 7.11 Å². The van der Waals surface area contributed by atoms with E-state index in [9.17, 15) is 18.0 Å². The lowest BCUT2D eigenvalue weighted by molar-refractivity contribution is -0.166. The number of rotatable bonds is 3. The Kier molecular flexibility index (Phi) is 2.53. The molecule has 0 unspecified atom stereocenters. The Balaban J connectivity index is 2.46. The topological polar surface area (TPSA) is 71.2 Å². The van der Waals surface area contributed by atoms with Crippen molar-refractivity contribution >= 4 is 5.97 Å². The average molecular weight is 260 g/mol. The van der Waals surface area contributed by atoms with E-state index in [-0.39, 0.29) is 16.9 Å². The fourth-order valence-electron chi connectivity index (χ4n) is 1.53. The van der Waals surface area contributed by atoms with Crippen molar-refractivity contribution < 1.29 is 27.8 Å². The standard InChI is InChI=1S/C10H7F3N2O3/c1-18-7-4-5(2-3-6(7)8(16)17)9(14-15-9)10(11,12)13/h2-4H,1H3,(H,16,17). The molecule has 0 atom stereocenters. The van der Waals surface area contributed by atoms with Crippen LogP contribution in [0, 0.1) is 0 Å². The van der Waals surface area contributed by atoms with E-state index in [0.29, 0.717) is 0 Å². The second kappa shape index (κ2) is 3.69. The van der Waals surface area contributed by atoms with Gasteiger partial charge in [0.2, 0.25) is 0 Å². The van der Waals surface area contributed by atoms with Gasteiger partial charge in [-0.1, -0.05) is 6.07 Å². The molecule has 8 heteroatoms. The van der Waals surface area contributed by atoms with Crippen LogP contribution in [-0.4, -0.2) is 24.4 Å². The molecule has 0 fully saturated rings. The Hall–Kier alpha value is -2.12. The summed E-state index contributed by atoms with van der Waals surface area (Å²) < 4.78 is 42.9. The second-order valence-corrected chi connectivity index (χ2v) is 3.59. The number of alkyl halides is 3. The Morgan fingerprint density at radius 3 is 2.39 bits per heavy atom. The number of carbonyl (C=O) groups is 1. The highest BCUT2D eigenvalue weighted by atomic mass is 19.4. The number of benzene rings is 1. The number of hydrogen-bond donors (Lipinski definition) is 1. The van der Waals surface area contributed by atoms with Crippen LogP contribution in [0.25, 0.3) is 0 Å². The summed E-state index contributed by atoms with van der Waals surface area (Å²) in [4.78, 5) is 10.8. The summed E-state index contributed by atoms with van der Waals surface area (Å²) >= 11 is 0. The van der Waals surface area contributed by atoms with Crippen molar-refractivity contribution in [3.05, 3.63) is 29.3 Å². The van der Waals surface area contributed by atoms with Gasteiger partial charge < -0.3 is 9.84 Å². The molecule has 18 heavy (non-hydrogen) atoms. The Morgan fingerprint density at radius 2 is 2.00 bits per heavy atom. The van der Waals surface area contributed by atoms with Crippen molar-refractivity contribution in [2.75, 3.05) is 7.11 Å². The summed E-state index contributed by atoms with van der Waals surface area (Å²) in [6.07, 6.45) is -4.65. The van der Waals surface area contributed by atoms with Crippen molar-refractivity contribution in [3.63, 3.8) is 0 Å². The van der Waals surface area contributed by atoms with Gasteiger partial charge in [0.25, 0.3) is 0 Å². The first-order chi connectivity index (χ1) is 8.32. The SMILES string of the molecule is COc1cc(C2(C(F)(F)F)N=N2)ccc1C(=O)O. The van der Waals surface area contributed by atoms with E-state index in [1.807, 2.05) is 0 Å². The van der Waals surface area contributed by atoms with E-state index in [2.05, 4.69) is 10.2 Å². The molecular weight excluding hydrogens is 253 g/mol. The minimum atomic E-state index is -4.65. The molecule has 0 aliphatic carbocycles. The predicted molar refractivity (Wildman–Crippen MR) is 52.5 cm³/mol. The summed E-state index contributed by atoms with van der Waals surface area (Å²) in [5.41, 5.74) is -3.06. The zero-order chi connectivity index (χ0) is 13.6. The Labute approximate surface area is 98.9 Å². The molecule has 0 saturated heterocycles. The lowest BCUT2D eigenvalue weighted by Crippen LogP contribution is -2.30. The van der Waals surface area contributed by atoms with E-state index < -0.39 is 17.8 Å².